The summed E-state index contributed by atoms with van der Waals surface area (Å²) in [7, 11) is 0. The molecule has 0 unspecified atom stereocenters. The Morgan fingerprint density at radius 1 is 1.14 bits per heavy atom. The highest BCUT2D eigenvalue weighted by Gasteiger charge is 2.08. The summed E-state index contributed by atoms with van der Waals surface area (Å²) in [4.78, 5) is 30.0. The van der Waals surface area contributed by atoms with Crippen LogP contribution in [0.25, 0.3) is 0 Å². The summed E-state index contributed by atoms with van der Waals surface area (Å²) in [6.45, 7) is 3.15. The summed E-state index contributed by atoms with van der Waals surface area (Å²) in [5.41, 5.74) is 0.310. The lowest BCUT2D eigenvalue weighted by atomic mass is 10.2. The summed E-state index contributed by atoms with van der Waals surface area (Å²) >= 11 is 0. The van der Waals surface area contributed by atoms with Crippen LogP contribution in [0.1, 0.15) is 10.4 Å². The van der Waals surface area contributed by atoms with Gasteiger partial charge in [0.05, 0.1) is 5.56 Å². The van der Waals surface area contributed by atoms with Gasteiger partial charge < -0.3 is 0 Å². The van der Waals surface area contributed by atoms with Gasteiger partial charge in [-0.05, 0) is 12.1 Å². The van der Waals surface area contributed by atoms with Gasteiger partial charge in [-0.15, -0.1) is 0 Å². The van der Waals surface area contributed by atoms with E-state index in [1.165, 1.54) is 0 Å². The quantitative estimate of drug-likeness (QED) is 0.404. The third-order valence-electron chi connectivity index (χ3n) is 1.38. The highest BCUT2D eigenvalue weighted by Crippen LogP contribution is 2.01. The summed E-state index contributed by atoms with van der Waals surface area (Å²) < 4.78 is 0. The van der Waals surface area contributed by atoms with Crippen molar-refractivity contribution in [2.24, 2.45) is 0 Å². The van der Waals surface area contributed by atoms with E-state index in [9.17, 15) is 9.59 Å². The zero-order valence-corrected chi connectivity index (χ0v) is 7.30. The molecule has 4 heteroatoms. The summed E-state index contributed by atoms with van der Waals surface area (Å²) in [6, 6.07) is 8.19. The number of carbonyl (C=O) groups is 2. The van der Waals surface area contributed by atoms with Gasteiger partial charge in [-0.2, -0.15) is 0 Å². The van der Waals surface area contributed by atoms with E-state index in [0.717, 1.165) is 6.08 Å². The SMILES string of the molecule is C=CC(=O)OOC(=O)c1ccccc1. The molecule has 14 heavy (non-hydrogen) atoms. The Morgan fingerprint density at radius 2 is 1.79 bits per heavy atom. The Bertz CT molecular complexity index is 342. The third kappa shape index (κ3) is 2.75. The van der Waals surface area contributed by atoms with E-state index in [2.05, 4.69) is 16.4 Å². The lowest BCUT2D eigenvalue weighted by Crippen LogP contribution is -2.09. The van der Waals surface area contributed by atoms with Gasteiger partial charge >= 0.3 is 11.9 Å². The minimum Gasteiger partial charge on any atom is -0.242 e. The number of carbonyl (C=O) groups excluding carboxylic acids is 2. The van der Waals surface area contributed by atoms with Crippen LogP contribution < -0.4 is 0 Å². The Hall–Kier alpha value is -2.10. The minimum absolute atomic E-state index is 0.310. The van der Waals surface area contributed by atoms with Gasteiger partial charge in [0.15, 0.2) is 0 Å². The van der Waals surface area contributed by atoms with E-state index >= 15 is 0 Å². The molecule has 0 saturated heterocycles. The molecule has 4 nitrogen and oxygen atoms in total. The van der Waals surface area contributed by atoms with Crippen LogP contribution in [0.4, 0.5) is 0 Å². The molecule has 1 aromatic carbocycles. The van der Waals surface area contributed by atoms with Crippen LogP contribution in [0.3, 0.4) is 0 Å². The van der Waals surface area contributed by atoms with Gasteiger partial charge in [0.25, 0.3) is 0 Å². The van der Waals surface area contributed by atoms with Gasteiger partial charge in [0, 0.05) is 6.08 Å². The molecule has 0 saturated carbocycles. The van der Waals surface area contributed by atoms with Crippen LogP contribution in [-0.2, 0) is 14.6 Å². The summed E-state index contributed by atoms with van der Waals surface area (Å²) in [6.07, 6.45) is 0.901. The lowest BCUT2D eigenvalue weighted by molar-refractivity contribution is -0.228. The summed E-state index contributed by atoms with van der Waals surface area (Å²) in [5, 5.41) is 0. The number of benzene rings is 1. The van der Waals surface area contributed by atoms with Crippen molar-refractivity contribution in [3.8, 4) is 0 Å². The van der Waals surface area contributed by atoms with Crippen molar-refractivity contribution in [1.82, 2.24) is 0 Å². The maximum atomic E-state index is 11.1. The molecule has 0 fully saturated rings. The Kier molecular flexibility index (Phi) is 3.43. The topological polar surface area (TPSA) is 52.6 Å². The predicted octanol–water partition coefficient (Wildman–Crippen LogP) is 1.49. The monoisotopic (exact) mass is 192 g/mol. The van der Waals surface area contributed by atoms with Crippen LogP contribution in [0.15, 0.2) is 43.0 Å². The van der Waals surface area contributed by atoms with Crippen LogP contribution in [0.5, 0.6) is 0 Å². The highest BCUT2D eigenvalue weighted by atomic mass is 17.2. The van der Waals surface area contributed by atoms with Crippen molar-refractivity contribution < 1.29 is 19.4 Å². The fourth-order valence-corrected chi connectivity index (χ4v) is 0.735. The molecule has 0 atom stereocenters. The van der Waals surface area contributed by atoms with Crippen molar-refractivity contribution in [3.05, 3.63) is 48.6 Å². The predicted molar refractivity (Wildman–Crippen MR) is 48.1 cm³/mol. The maximum Gasteiger partial charge on any atom is 0.386 e. The van der Waals surface area contributed by atoms with Crippen LogP contribution in [0.2, 0.25) is 0 Å². The normalized spacial score (nSPS) is 8.86. The minimum atomic E-state index is -0.811. The molecule has 0 amide bonds. The fourth-order valence-electron chi connectivity index (χ4n) is 0.735. The van der Waals surface area contributed by atoms with E-state index in [-0.39, 0.29) is 0 Å². The molecule has 0 radical (unpaired) electrons. The summed E-state index contributed by atoms with van der Waals surface area (Å²) in [5.74, 6) is -1.53. The van der Waals surface area contributed by atoms with Crippen molar-refractivity contribution in [2.75, 3.05) is 0 Å². The van der Waals surface area contributed by atoms with E-state index in [1.54, 1.807) is 30.3 Å². The van der Waals surface area contributed by atoms with Crippen molar-refractivity contribution in [2.45, 2.75) is 0 Å². The lowest BCUT2D eigenvalue weighted by Gasteiger charge is -1.99. The van der Waals surface area contributed by atoms with E-state index in [4.69, 9.17) is 0 Å². The number of hydrogen-bond donors (Lipinski definition) is 0. The maximum absolute atomic E-state index is 11.1. The highest BCUT2D eigenvalue weighted by molar-refractivity contribution is 5.90. The average Bonchev–Trinajstić information content (AvgIpc) is 2.26. The molecule has 1 aromatic rings. The number of hydrogen-bond acceptors (Lipinski definition) is 4. The van der Waals surface area contributed by atoms with Crippen molar-refractivity contribution in [1.29, 1.82) is 0 Å². The largest absolute Gasteiger partial charge is 0.386 e. The van der Waals surface area contributed by atoms with Gasteiger partial charge in [-0.3, -0.25) is 0 Å². The second-order valence-corrected chi connectivity index (χ2v) is 2.34. The first-order valence-corrected chi connectivity index (χ1v) is 3.84. The van der Waals surface area contributed by atoms with Crippen molar-refractivity contribution >= 4 is 11.9 Å². The molecule has 0 spiro atoms. The molecular formula is C10H8O4. The van der Waals surface area contributed by atoms with Gasteiger partial charge in [-0.25, -0.2) is 19.4 Å². The molecular weight excluding hydrogens is 184 g/mol. The molecule has 72 valence electrons. The Labute approximate surface area is 80.7 Å². The van der Waals surface area contributed by atoms with Crippen molar-refractivity contribution in [3.63, 3.8) is 0 Å². The third-order valence-corrected chi connectivity index (χ3v) is 1.38. The Balaban J connectivity index is 2.52. The molecule has 0 N–H and O–H groups in total. The number of rotatable bonds is 2. The zero-order valence-electron chi connectivity index (χ0n) is 7.30. The molecule has 0 bridgehead atoms. The van der Waals surface area contributed by atoms with E-state index in [0.29, 0.717) is 5.56 Å². The van der Waals surface area contributed by atoms with Crippen LogP contribution in [-0.4, -0.2) is 11.9 Å². The van der Waals surface area contributed by atoms with E-state index < -0.39 is 11.9 Å². The van der Waals surface area contributed by atoms with E-state index in [1.807, 2.05) is 0 Å². The molecule has 1 rings (SSSR count). The zero-order chi connectivity index (χ0) is 10.4. The second-order valence-electron chi connectivity index (χ2n) is 2.34. The van der Waals surface area contributed by atoms with Gasteiger partial charge in [-0.1, -0.05) is 24.8 Å². The first-order chi connectivity index (χ1) is 6.74. The molecule has 0 heterocycles. The average molecular weight is 192 g/mol. The standard InChI is InChI=1S/C10H8O4/c1-2-9(11)13-14-10(12)8-6-4-3-5-7-8/h2-7H,1H2. The van der Waals surface area contributed by atoms with Crippen LogP contribution in [0, 0.1) is 0 Å². The second kappa shape index (κ2) is 4.81. The first kappa shape index (κ1) is 9.98. The molecule has 0 aliphatic carbocycles. The van der Waals surface area contributed by atoms with Gasteiger partial charge in [0.1, 0.15) is 0 Å². The fraction of sp³-hybridized carbons (Fsp3) is 0. The molecule has 0 aliphatic rings. The smallest absolute Gasteiger partial charge is 0.242 e. The Morgan fingerprint density at radius 3 is 2.36 bits per heavy atom. The van der Waals surface area contributed by atoms with Gasteiger partial charge in [0.2, 0.25) is 0 Å². The molecule has 0 aromatic heterocycles. The van der Waals surface area contributed by atoms with Crippen LogP contribution >= 0.6 is 0 Å². The first-order valence-electron chi connectivity index (χ1n) is 3.84. The molecule has 0 aliphatic heterocycles.